The van der Waals surface area contributed by atoms with Crippen LogP contribution in [0, 0.1) is 24.2 Å². The van der Waals surface area contributed by atoms with E-state index in [1.54, 1.807) is 35.6 Å². The number of amides is 1. The Bertz CT molecular complexity index is 1640. The highest BCUT2D eigenvalue weighted by Crippen LogP contribution is 2.33. The van der Waals surface area contributed by atoms with Gasteiger partial charge >= 0.3 is 6.18 Å². The average Bonchev–Trinajstić information content (AvgIpc) is 3.63. The Morgan fingerprint density at radius 1 is 1.20 bits per heavy atom. The Kier molecular flexibility index (Phi) is 11.4. The lowest BCUT2D eigenvalue weighted by molar-refractivity contribution is -0.138. The molecule has 0 aliphatic rings. The van der Waals surface area contributed by atoms with Crippen molar-refractivity contribution in [2.45, 2.75) is 58.9 Å². The summed E-state index contributed by atoms with van der Waals surface area (Å²) in [6.45, 7) is 6.55. The van der Waals surface area contributed by atoms with E-state index < -0.39 is 17.8 Å². The fraction of sp³-hybridized carbons (Fsp3) is 0.333. The number of nitrogens with zero attached hydrogens (tertiary/aromatic N) is 4. The lowest BCUT2D eigenvalue weighted by Gasteiger charge is -2.33. The van der Waals surface area contributed by atoms with Gasteiger partial charge in [-0.2, -0.15) is 18.4 Å². The summed E-state index contributed by atoms with van der Waals surface area (Å²) < 4.78 is 43.6. The highest BCUT2D eigenvalue weighted by atomic mass is 32.1. The summed E-state index contributed by atoms with van der Waals surface area (Å²) in [5, 5.41) is 18.4. The van der Waals surface area contributed by atoms with Gasteiger partial charge in [-0.25, -0.2) is 4.98 Å². The second kappa shape index (κ2) is 15.2. The van der Waals surface area contributed by atoms with Crippen molar-refractivity contribution in [1.29, 1.82) is 5.26 Å². The molecule has 0 radical (unpaired) electrons. The summed E-state index contributed by atoms with van der Waals surface area (Å²) in [7, 11) is 0. The first kappa shape index (κ1) is 33.7. The van der Waals surface area contributed by atoms with E-state index in [1.165, 1.54) is 23.5 Å². The minimum Gasteiger partial charge on any atom is -0.351 e. The molecule has 7 nitrogen and oxygen atoms in total. The molecule has 45 heavy (non-hydrogen) atoms. The highest BCUT2D eigenvalue weighted by molar-refractivity contribution is 7.80. The minimum absolute atomic E-state index is 0.00431. The summed E-state index contributed by atoms with van der Waals surface area (Å²) in [6, 6.07) is 16.3. The quantitative estimate of drug-likeness (QED) is 0.158. The second-order valence-corrected chi connectivity index (χ2v) is 12.3. The van der Waals surface area contributed by atoms with Crippen LogP contribution >= 0.6 is 23.6 Å². The van der Waals surface area contributed by atoms with Crippen LogP contribution in [0.25, 0.3) is 0 Å². The van der Waals surface area contributed by atoms with E-state index in [4.69, 9.17) is 17.5 Å². The number of nitrogens with one attached hydrogen (secondary N) is 2. The van der Waals surface area contributed by atoms with Crippen molar-refractivity contribution in [1.82, 2.24) is 19.8 Å². The zero-order valence-electron chi connectivity index (χ0n) is 25.3. The number of aryl methyl sites for hydroxylation is 1. The van der Waals surface area contributed by atoms with Crippen LogP contribution in [0.2, 0.25) is 0 Å². The molecule has 2 atom stereocenters. The van der Waals surface area contributed by atoms with Gasteiger partial charge in [0.25, 0.3) is 0 Å². The number of carbonyl (C=O) groups excluding carboxylic acids is 1. The Morgan fingerprint density at radius 2 is 1.93 bits per heavy atom. The number of aromatic nitrogens is 2. The maximum absolute atomic E-state index is 13.9. The molecule has 0 aliphatic heterocycles. The first-order chi connectivity index (χ1) is 21.5. The molecule has 0 spiro atoms. The maximum Gasteiger partial charge on any atom is 0.416 e. The van der Waals surface area contributed by atoms with Crippen LogP contribution < -0.4 is 10.6 Å². The molecule has 4 rings (SSSR count). The number of imidazole rings is 1. The SMILES string of the molecule is CC[C@H](C)[C@@H](CN(Cc1ccccc1C(F)(F)F)C(=S)Nc1cc(C)cs1)NC(=O)Cc1cncn1Cc1ccc(C#N)cc1. The van der Waals surface area contributed by atoms with Crippen LogP contribution in [0.5, 0.6) is 0 Å². The molecule has 0 saturated carbocycles. The zero-order valence-corrected chi connectivity index (χ0v) is 26.9. The molecule has 2 aromatic heterocycles. The topological polar surface area (TPSA) is 86.0 Å². The third kappa shape index (κ3) is 9.39. The standard InChI is InChI=1S/C33H35F3N6OS2/c1-4-23(3)29(39-30(43)14-27-16-38-21-42(27)17-25-11-9-24(15-37)10-12-25)19-41(32(44)40-31-13-22(2)20-45-31)18-26-7-5-6-8-28(26)33(34,35)36/h5-13,16,20-21,23,29H,4,14,17-19H2,1-3H3,(H,39,43)(H,40,44)/t23-,29+/m0/s1. The van der Waals surface area contributed by atoms with Gasteiger partial charge in [-0.05, 0) is 71.4 Å². The molecular formula is C33H35F3N6OS2. The molecule has 0 saturated heterocycles. The molecule has 2 heterocycles. The monoisotopic (exact) mass is 652 g/mol. The third-order valence-electron chi connectivity index (χ3n) is 7.60. The van der Waals surface area contributed by atoms with Crippen molar-refractivity contribution < 1.29 is 18.0 Å². The van der Waals surface area contributed by atoms with Gasteiger partial charge in [-0.15, -0.1) is 11.3 Å². The van der Waals surface area contributed by atoms with E-state index >= 15 is 0 Å². The fourth-order valence-electron chi connectivity index (χ4n) is 4.87. The van der Waals surface area contributed by atoms with Crippen molar-refractivity contribution >= 4 is 39.6 Å². The summed E-state index contributed by atoms with van der Waals surface area (Å²) >= 11 is 7.20. The first-order valence-corrected chi connectivity index (χ1v) is 15.8. The molecule has 4 aromatic rings. The molecule has 0 aliphatic carbocycles. The number of rotatable bonds is 12. The van der Waals surface area contributed by atoms with E-state index in [0.29, 0.717) is 17.8 Å². The maximum atomic E-state index is 13.9. The number of carbonyl (C=O) groups is 1. The largest absolute Gasteiger partial charge is 0.416 e. The zero-order chi connectivity index (χ0) is 32.6. The van der Waals surface area contributed by atoms with Gasteiger partial charge in [0.2, 0.25) is 5.91 Å². The van der Waals surface area contributed by atoms with Crippen LogP contribution in [0.4, 0.5) is 18.2 Å². The number of halogens is 3. The van der Waals surface area contributed by atoms with Crippen molar-refractivity contribution in [3.8, 4) is 6.07 Å². The number of anilines is 1. The van der Waals surface area contributed by atoms with Crippen molar-refractivity contribution in [3.63, 3.8) is 0 Å². The van der Waals surface area contributed by atoms with Crippen molar-refractivity contribution in [3.05, 3.63) is 106 Å². The smallest absolute Gasteiger partial charge is 0.351 e. The first-order valence-electron chi connectivity index (χ1n) is 14.5. The molecule has 2 N–H and O–H groups in total. The summed E-state index contributed by atoms with van der Waals surface area (Å²) in [6.07, 6.45) is -0.420. The number of alkyl halides is 3. The molecule has 1 amide bonds. The van der Waals surface area contributed by atoms with Crippen LogP contribution in [-0.2, 0) is 30.5 Å². The van der Waals surface area contributed by atoms with Gasteiger partial charge < -0.3 is 20.1 Å². The van der Waals surface area contributed by atoms with E-state index in [2.05, 4.69) is 21.7 Å². The number of benzene rings is 2. The van der Waals surface area contributed by atoms with Gasteiger partial charge in [0, 0.05) is 37.6 Å². The Labute approximate surface area is 270 Å². The molecule has 2 aromatic carbocycles. The normalized spacial score (nSPS) is 12.6. The van der Waals surface area contributed by atoms with Crippen LogP contribution in [0.1, 0.15) is 53.8 Å². The second-order valence-electron chi connectivity index (χ2n) is 11.0. The van der Waals surface area contributed by atoms with E-state index in [9.17, 15) is 18.0 Å². The van der Waals surface area contributed by atoms with Crippen LogP contribution in [0.3, 0.4) is 0 Å². The highest BCUT2D eigenvalue weighted by Gasteiger charge is 2.34. The van der Waals surface area contributed by atoms with Crippen LogP contribution in [0.15, 0.2) is 72.5 Å². The number of nitriles is 1. The molecule has 0 bridgehead atoms. The molecule has 0 unspecified atom stereocenters. The lowest BCUT2D eigenvalue weighted by Crippen LogP contribution is -2.50. The van der Waals surface area contributed by atoms with Gasteiger partial charge in [0.05, 0.1) is 34.9 Å². The minimum atomic E-state index is -4.52. The van der Waals surface area contributed by atoms with E-state index in [1.807, 2.05) is 48.9 Å². The van der Waals surface area contributed by atoms with Gasteiger partial charge in [0.15, 0.2) is 5.11 Å². The lowest BCUT2D eigenvalue weighted by atomic mass is 9.97. The van der Waals surface area contributed by atoms with E-state index in [-0.39, 0.29) is 42.0 Å². The van der Waals surface area contributed by atoms with Crippen molar-refractivity contribution in [2.75, 3.05) is 11.9 Å². The van der Waals surface area contributed by atoms with Crippen molar-refractivity contribution in [2.24, 2.45) is 5.92 Å². The van der Waals surface area contributed by atoms with Gasteiger partial charge in [0.1, 0.15) is 0 Å². The summed E-state index contributed by atoms with van der Waals surface area (Å²) in [5.41, 5.74) is 2.66. The Morgan fingerprint density at radius 3 is 2.58 bits per heavy atom. The predicted octanol–water partition coefficient (Wildman–Crippen LogP) is 7.16. The van der Waals surface area contributed by atoms with Gasteiger partial charge in [-0.1, -0.05) is 50.6 Å². The summed E-state index contributed by atoms with van der Waals surface area (Å²) in [5.74, 6) is -0.227. The average molecular weight is 653 g/mol. The van der Waals surface area contributed by atoms with Gasteiger partial charge in [-0.3, -0.25) is 4.79 Å². The van der Waals surface area contributed by atoms with Crippen LogP contribution in [-0.4, -0.2) is 38.1 Å². The fourth-order valence-corrected chi connectivity index (χ4v) is 5.98. The number of thiocarbonyl (C=S) groups is 1. The third-order valence-corrected chi connectivity index (χ3v) is 8.93. The Hall–Kier alpha value is -4.21. The molecule has 12 heteroatoms. The number of thiophene rings is 1. The predicted molar refractivity (Wildman–Crippen MR) is 175 cm³/mol. The molecular weight excluding hydrogens is 618 g/mol. The molecule has 0 fully saturated rings. The molecule has 236 valence electrons. The summed E-state index contributed by atoms with van der Waals surface area (Å²) in [4.78, 5) is 19.3. The van der Waals surface area contributed by atoms with E-state index in [0.717, 1.165) is 28.6 Å². The number of hydrogen-bond donors (Lipinski definition) is 2. The number of hydrogen-bond acceptors (Lipinski definition) is 5. The Balaban J connectivity index is 1.53.